The van der Waals surface area contributed by atoms with Gasteiger partial charge in [0.1, 0.15) is 0 Å². The van der Waals surface area contributed by atoms with Crippen LogP contribution in [0.1, 0.15) is 57.8 Å². The van der Waals surface area contributed by atoms with Crippen LogP contribution < -0.4 is 5.73 Å². The van der Waals surface area contributed by atoms with Crippen LogP contribution in [0.15, 0.2) is 0 Å². The molecule has 2 aliphatic carbocycles. The van der Waals surface area contributed by atoms with Crippen molar-refractivity contribution in [2.45, 2.75) is 69.9 Å². The summed E-state index contributed by atoms with van der Waals surface area (Å²) in [5, 5.41) is 0. The van der Waals surface area contributed by atoms with Gasteiger partial charge in [-0.1, -0.05) is 12.8 Å². The van der Waals surface area contributed by atoms with Crippen LogP contribution in [0.3, 0.4) is 0 Å². The van der Waals surface area contributed by atoms with E-state index in [4.69, 9.17) is 5.73 Å². The molecule has 0 bridgehead atoms. The van der Waals surface area contributed by atoms with Gasteiger partial charge in [-0.15, -0.1) is 0 Å². The highest BCUT2D eigenvalue weighted by Gasteiger charge is 2.26. The third-order valence-corrected chi connectivity index (χ3v) is 4.62. The minimum Gasteiger partial charge on any atom is -0.343 e. The Morgan fingerprint density at radius 3 is 2.29 bits per heavy atom. The summed E-state index contributed by atoms with van der Waals surface area (Å²) in [6.07, 6.45) is 10.2. The highest BCUT2D eigenvalue weighted by Crippen LogP contribution is 2.28. The number of hydrogen-bond acceptors (Lipinski definition) is 2. The van der Waals surface area contributed by atoms with Crippen molar-refractivity contribution in [2.75, 3.05) is 7.05 Å². The molecular formula is C14H26N2O. The van der Waals surface area contributed by atoms with Crippen LogP contribution in [0.5, 0.6) is 0 Å². The summed E-state index contributed by atoms with van der Waals surface area (Å²) >= 11 is 0. The molecule has 98 valence electrons. The predicted molar refractivity (Wildman–Crippen MR) is 69.6 cm³/mol. The van der Waals surface area contributed by atoms with E-state index in [1.165, 1.54) is 25.7 Å². The summed E-state index contributed by atoms with van der Waals surface area (Å²) in [5.74, 6) is 0.948. The largest absolute Gasteiger partial charge is 0.343 e. The Hall–Kier alpha value is -0.570. The molecule has 0 aliphatic heterocycles. The SMILES string of the molecule is CN(C(=O)CC1CCC(N)CC1)C1CCCC1. The van der Waals surface area contributed by atoms with E-state index >= 15 is 0 Å². The fraction of sp³-hybridized carbons (Fsp3) is 0.929. The number of carbonyl (C=O) groups is 1. The average molecular weight is 238 g/mol. The lowest BCUT2D eigenvalue weighted by Gasteiger charge is -2.29. The van der Waals surface area contributed by atoms with Crippen molar-refractivity contribution in [2.24, 2.45) is 11.7 Å². The maximum absolute atomic E-state index is 12.2. The van der Waals surface area contributed by atoms with E-state index in [1.54, 1.807) is 0 Å². The second-order valence-corrected chi connectivity index (χ2v) is 5.93. The standard InChI is InChI=1S/C14H26N2O/c1-16(13-4-2-3-5-13)14(17)10-11-6-8-12(15)9-7-11/h11-13H,2-10,15H2,1H3. The zero-order valence-corrected chi connectivity index (χ0v) is 11.0. The van der Waals surface area contributed by atoms with Crippen LogP contribution in [0.4, 0.5) is 0 Å². The van der Waals surface area contributed by atoms with Gasteiger partial charge in [-0.2, -0.15) is 0 Å². The molecule has 0 unspecified atom stereocenters. The van der Waals surface area contributed by atoms with Gasteiger partial charge in [-0.25, -0.2) is 0 Å². The van der Waals surface area contributed by atoms with Gasteiger partial charge < -0.3 is 10.6 Å². The number of nitrogens with two attached hydrogens (primary N) is 1. The fourth-order valence-electron chi connectivity index (χ4n) is 3.28. The van der Waals surface area contributed by atoms with E-state index in [0.29, 0.717) is 23.9 Å². The van der Waals surface area contributed by atoms with Crippen molar-refractivity contribution >= 4 is 5.91 Å². The van der Waals surface area contributed by atoms with Crippen molar-refractivity contribution < 1.29 is 4.79 Å². The second-order valence-electron chi connectivity index (χ2n) is 5.93. The Kier molecular flexibility index (Phi) is 4.43. The van der Waals surface area contributed by atoms with E-state index in [1.807, 2.05) is 11.9 Å². The molecule has 0 heterocycles. The maximum Gasteiger partial charge on any atom is 0.222 e. The molecule has 0 aromatic rings. The average Bonchev–Trinajstić information content (AvgIpc) is 2.84. The first-order valence-electron chi connectivity index (χ1n) is 7.18. The van der Waals surface area contributed by atoms with Crippen LogP contribution in [0, 0.1) is 5.92 Å². The van der Waals surface area contributed by atoms with Crippen molar-refractivity contribution in [3.8, 4) is 0 Å². The summed E-state index contributed by atoms with van der Waals surface area (Å²) in [4.78, 5) is 14.2. The fourth-order valence-corrected chi connectivity index (χ4v) is 3.28. The lowest BCUT2D eigenvalue weighted by Crippen LogP contribution is -2.37. The molecule has 2 rings (SSSR count). The van der Waals surface area contributed by atoms with Gasteiger partial charge in [0, 0.05) is 25.6 Å². The zero-order chi connectivity index (χ0) is 12.3. The van der Waals surface area contributed by atoms with Gasteiger partial charge in [-0.3, -0.25) is 4.79 Å². The van der Waals surface area contributed by atoms with Crippen LogP contribution in [-0.2, 0) is 4.79 Å². The van der Waals surface area contributed by atoms with Gasteiger partial charge in [0.15, 0.2) is 0 Å². The topological polar surface area (TPSA) is 46.3 Å². The van der Waals surface area contributed by atoms with Gasteiger partial charge in [0.2, 0.25) is 5.91 Å². The molecule has 0 radical (unpaired) electrons. The van der Waals surface area contributed by atoms with Crippen LogP contribution in [0.25, 0.3) is 0 Å². The molecule has 1 amide bonds. The van der Waals surface area contributed by atoms with E-state index in [9.17, 15) is 4.79 Å². The van der Waals surface area contributed by atoms with Gasteiger partial charge in [-0.05, 0) is 44.4 Å². The van der Waals surface area contributed by atoms with E-state index in [0.717, 1.165) is 32.1 Å². The van der Waals surface area contributed by atoms with Crippen molar-refractivity contribution in [3.63, 3.8) is 0 Å². The highest BCUT2D eigenvalue weighted by molar-refractivity contribution is 5.76. The number of nitrogens with zero attached hydrogens (tertiary/aromatic N) is 1. The van der Waals surface area contributed by atoms with E-state index < -0.39 is 0 Å². The molecule has 0 saturated heterocycles. The number of rotatable bonds is 3. The zero-order valence-electron chi connectivity index (χ0n) is 11.0. The van der Waals surface area contributed by atoms with Gasteiger partial charge in [0.05, 0.1) is 0 Å². The summed E-state index contributed by atoms with van der Waals surface area (Å²) < 4.78 is 0. The molecule has 3 heteroatoms. The molecule has 2 N–H and O–H groups in total. The first-order chi connectivity index (χ1) is 8.16. The van der Waals surface area contributed by atoms with Crippen molar-refractivity contribution in [1.29, 1.82) is 0 Å². The van der Waals surface area contributed by atoms with Gasteiger partial charge >= 0.3 is 0 Å². The Morgan fingerprint density at radius 1 is 1.12 bits per heavy atom. The molecular weight excluding hydrogens is 212 g/mol. The predicted octanol–water partition coefficient (Wildman–Crippen LogP) is 2.29. The Balaban J connectivity index is 1.76. The van der Waals surface area contributed by atoms with Gasteiger partial charge in [0.25, 0.3) is 0 Å². The summed E-state index contributed by atoms with van der Waals surface area (Å²) in [7, 11) is 1.99. The van der Waals surface area contributed by atoms with E-state index in [2.05, 4.69) is 0 Å². The quantitative estimate of drug-likeness (QED) is 0.820. The second kappa shape index (κ2) is 5.85. The number of hydrogen-bond donors (Lipinski definition) is 1. The van der Waals surface area contributed by atoms with Crippen molar-refractivity contribution in [3.05, 3.63) is 0 Å². The van der Waals surface area contributed by atoms with Crippen LogP contribution in [-0.4, -0.2) is 29.9 Å². The number of amides is 1. The summed E-state index contributed by atoms with van der Waals surface area (Å²) in [5.41, 5.74) is 5.89. The first-order valence-corrected chi connectivity index (χ1v) is 7.18. The minimum absolute atomic E-state index is 0.359. The maximum atomic E-state index is 12.2. The molecule has 2 fully saturated rings. The first kappa shape index (κ1) is 12.9. The third-order valence-electron chi connectivity index (χ3n) is 4.62. The Labute approximate surface area is 105 Å². The third kappa shape index (κ3) is 3.44. The highest BCUT2D eigenvalue weighted by atomic mass is 16.2. The van der Waals surface area contributed by atoms with E-state index in [-0.39, 0.29) is 0 Å². The van der Waals surface area contributed by atoms with Crippen LogP contribution in [0.2, 0.25) is 0 Å². The molecule has 0 spiro atoms. The monoisotopic (exact) mass is 238 g/mol. The molecule has 0 aromatic heterocycles. The van der Waals surface area contributed by atoms with Crippen molar-refractivity contribution in [1.82, 2.24) is 4.90 Å². The number of carbonyl (C=O) groups excluding carboxylic acids is 1. The summed E-state index contributed by atoms with van der Waals surface area (Å²) in [6, 6.07) is 0.905. The molecule has 0 aromatic carbocycles. The smallest absolute Gasteiger partial charge is 0.222 e. The Morgan fingerprint density at radius 2 is 1.71 bits per heavy atom. The summed E-state index contributed by atoms with van der Waals surface area (Å²) in [6.45, 7) is 0. The molecule has 2 saturated carbocycles. The molecule has 17 heavy (non-hydrogen) atoms. The Bertz CT molecular complexity index is 253. The lowest BCUT2D eigenvalue weighted by molar-refractivity contribution is -0.133. The minimum atomic E-state index is 0.359. The van der Waals surface area contributed by atoms with Crippen LogP contribution >= 0.6 is 0 Å². The normalized spacial score (nSPS) is 30.5. The molecule has 0 atom stereocenters. The molecule has 3 nitrogen and oxygen atoms in total. The molecule has 2 aliphatic rings. The lowest BCUT2D eigenvalue weighted by atomic mass is 9.84.